The van der Waals surface area contributed by atoms with Gasteiger partial charge in [-0.1, -0.05) is 13.3 Å². The van der Waals surface area contributed by atoms with Crippen LogP contribution < -0.4 is 10.6 Å². The van der Waals surface area contributed by atoms with Crippen molar-refractivity contribution in [2.24, 2.45) is 4.99 Å². The summed E-state index contributed by atoms with van der Waals surface area (Å²) in [7, 11) is 1.71. The van der Waals surface area contributed by atoms with Gasteiger partial charge in [0.2, 0.25) is 0 Å². The minimum atomic E-state index is -0.236. The molecule has 0 rings (SSSR count). The molecule has 0 aliphatic carbocycles. The number of unbranched alkanes of at least 4 members (excludes halogenated alkanes) is 1. The van der Waals surface area contributed by atoms with Gasteiger partial charge >= 0.3 is 0 Å². The van der Waals surface area contributed by atoms with Gasteiger partial charge in [0.1, 0.15) is 0 Å². The summed E-state index contributed by atoms with van der Waals surface area (Å²) in [5.74, 6) is 0.812. The number of guanidine groups is 1. The van der Waals surface area contributed by atoms with Crippen molar-refractivity contribution in [3.05, 3.63) is 0 Å². The van der Waals surface area contributed by atoms with Crippen molar-refractivity contribution in [1.82, 2.24) is 10.6 Å². The van der Waals surface area contributed by atoms with Crippen LogP contribution in [0.2, 0.25) is 0 Å². The molecule has 0 saturated heterocycles. The number of rotatable bonds is 10. The Hall–Kier alpha value is -0.0800. The molecule has 0 fully saturated rings. The first-order valence-corrected chi connectivity index (χ1v) is 7.20. The average Bonchev–Trinajstić information content (AvgIpc) is 2.40. The Kier molecular flexibility index (Phi) is 15.4. The molecule has 20 heavy (non-hydrogen) atoms. The van der Waals surface area contributed by atoms with Crippen LogP contribution in [0.1, 0.15) is 40.5 Å². The maximum Gasteiger partial charge on any atom is 0.191 e. The number of hydrogen-bond acceptors (Lipinski definition) is 3. The first-order valence-electron chi connectivity index (χ1n) is 7.20. The van der Waals surface area contributed by atoms with Gasteiger partial charge < -0.3 is 20.1 Å². The Labute approximate surface area is 141 Å². The number of methoxy groups -OCH3 is 1. The van der Waals surface area contributed by atoms with Crippen LogP contribution in [-0.4, -0.2) is 51.5 Å². The fourth-order valence-electron chi connectivity index (χ4n) is 1.27. The molecule has 0 amide bonds. The lowest BCUT2D eigenvalue weighted by atomic mass is 10.1. The first-order chi connectivity index (χ1) is 9.05. The van der Waals surface area contributed by atoms with Gasteiger partial charge in [-0.25, -0.2) is 0 Å². The van der Waals surface area contributed by atoms with E-state index in [2.05, 4.69) is 29.5 Å². The molecule has 0 aromatic rings. The highest BCUT2D eigenvalue weighted by Crippen LogP contribution is 2.06. The zero-order valence-electron chi connectivity index (χ0n) is 13.6. The van der Waals surface area contributed by atoms with Crippen LogP contribution >= 0.6 is 24.0 Å². The molecular formula is C14H32IN3O2. The van der Waals surface area contributed by atoms with Gasteiger partial charge in [0.05, 0.1) is 18.8 Å². The van der Waals surface area contributed by atoms with E-state index in [0.29, 0.717) is 13.2 Å². The molecule has 0 aliphatic heterocycles. The molecular weight excluding hydrogens is 369 g/mol. The molecule has 0 bridgehead atoms. The molecule has 5 nitrogen and oxygen atoms in total. The van der Waals surface area contributed by atoms with E-state index >= 15 is 0 Å². The highest BCUT2D eigenvalue weighted by Gasteiger charge is 2.15. The summed E-state index contributed by atoms with van der Waals surface area (Å²) >= 11 is 0. The standard InChI is InChI=1S/C14H31N3O2.HI/c1-6-8-10-19-11-9-16-13(15-7-2)17-12-14(3,4)18-5;/h6-12H2,1-5H3,(H2,15,16,17);1H. The first kappa shape index (κ1) is 22.2. The molecule has 0 saturated carbocycles. The molecule has 0 aromatic carbocycles. The average molecular weight is 401 g/mol. The number of ether oxygens (including phenoxy) is 2. The molecule has 0 atom stereocenters. The van der Waals surface area contributed by atoms with E-state index < -0.39 is 0 Å². The number of nitrogens with zero attached hydrogens (tertiary/aromatic N) is 1. The maximum absolute atomic E-state index is 5.50. The predicted octanol–water partition coefficient (Wildman–Crippen LogP) is 2.40. The van der Waals surface area contributed by atoms with Crippen LogP contribution in [0.5, 0.6) is 0 Å². The lowest BCUT2D eigenvalue weighted by molar-refractivity contribution is 0.0310. The summed E-state index contributed by atoms with van der Waals surface area (Å²) in [5, 5.41) is 6.46. The monoisotopic (exact) mass is 401 g/mol. The number of nitrogens with one attached hydrogen (secondary N) is 2. The second-order valence-electron chi connectivity index (χ2n) is 5.05. The highest BCUT2D eigenvalue weighted by molar-refractivity contribution is 14.0. The smallest absolute Gasteiger partial charge is 0.191 e. The molecule has 2 N–H and O–H groups in total. The summed E-state index contributed by atoms with van der Waals surface area (Å²) < 4.78 is 10.8. The molecule has 0 heterocycles. The predicted molar refractivity (Wildman–Crippen MR) is 96.2 cm³/mol. The van der Waals surface area contributed by atoms with Crippen molar-refractivity contribution < 1.29 is 9.47 Å². The zero-order chi connectivity index (χ0) is 14.6. The largest absolute Gasteiger partial charge is 0.380 e. The lowest BCUT2D eigenvalue weighted by Gasteiger charge is -2.21. The quantitative estimate of drug-likeness (QED) is 0.256. The third-order valence-electron chi connectivity index (χ3n) is 2.70. The summed E-state index contributed by atoms with van der Waals surface area (Å²) in [6.07, 6.45) is 2.29. The van der Waals surface area contributed by atoms with Crippen LogP contribution in [0.25, 0.3) is 0 Å². The van der Waals surface area contributed by atoms with Crippen molar-refractivity contribution in [2.75, 3.05) is 40.0 Å². The van der Waals surface area contributed by atoms with Crippen molar-refractivity contribution in [3.8, 4) is 0 Å². The molecule has 0 spiro atoms. The Morgan fingerprint density at radius 1 is 1.15 bits per heavy atom. The lowest BCUT2D eigenvalue weighted by Crippen LogP contribution is -2.40. The molecule has 6 heteroatoms. The molecule has 0 unspecified atom stereocenters. The second kappa shape index (κ2) is 13.9. The van der Waals surface area contributed by atoms with Gasteiger partial charge in [-0.15, -0.1) is 24.0 Å². The number of halogens is 1. The number of hydrogen-bond donors (Lipinski definition) is 2. The van der Waals surface area contributed by atoms with Crippen LogP contribution in [0, 0.1) is 0 Å². The van der Waals surface area contributed by atoms with Crippen LogP contribution in [0.3, 0.4) is 0 Å². The van der Waals surface area contributed by atoms with Gasteiger partial charge in [0, 0.05) is 26.8 Å². The highest BCUT2D eigenvalue weighted by atomic mass is 127. The SMILES string of the molecule is CCCCOCCNC(=NCC(C)(C)OC)NCC.I. The van der Waals surface area contributed by atoms with Crippen molar-refractivity contribution in [2.45, 2.75) is 46.1 Å². The van der Waals surface area contributed by atoms with Gasteiger partial charge in [-0.2, -0.15) is 0 Å². The maximum atomic E-state index is 5.50. The van der Waals surface area contributed by atoms with E-state index in [1.807, 2.05) is 13.8 Å². The Morgan fingerprint density at radius 3 is 2.40 bits per heavy atom. The van der Waals surface area contributed by atoms with E-state index in [4.69, 9.17) is 9.47 Å². The second-order valence-corrected chi connectivity index (χ2v) is 5.05. The Bertz CT molecular complexity index is 249. The van der Waals surface area contributed by atoms with Crippen molar-refractivity contribution >= 4 is 29.9 Å². The third-order valence-corrected chi connectivity index (χ3v) is 2.70. The van der Waals surface area contributed by atoms with E-state index in [1.54, 1.807) is 7.11 Å². The fourth-order valence-corrected chi connectivity index (χ4v) is 1.27. The summed E-state index contributed by atoms with van der Waals surface area (Å²) in [4.78, 5) is 4.50. The van der Waals surface area contributed by atoms with Gasteiger partial charge in [-0.05, 0) is 27.2 Å². The van der Waals surface area contributed by atoms with E-state index in [-0.39, 0.29) is 29.6 Å². The topological polar surface area (TPSA) is 54.9 Å². The summed E-state index contributed by atoms with van der Waals surface area (Å²) in [6.45, 7) is 12.0. The Balaban J connectivity index is 0. The molecule has 122 valence electrons. The summed E-state index contributed by atoms with van der Waals surface area (Å²) in [6, 6.07) is 0. The number of aliphatic imine (C=N–C) groups is 1. The van der Waals surface area contributed by atoms with Gasteiger partial charge in [-0.3, -0.25) is 4.99 Å². The molecule has 0 aliphatic rings. The Morgan fingerprint density at radius 2 is 1.85 bits per heavy atom. The van der Waals surface area contributed by atoms with Gasteiger partial charge in [0.25, 0.3) is 0 Å². The van der Waals surface area contributed by atoms with Crippen LogP contribution in [0.15, 0.2) is 4.99 Å². The minimum Gasteiger partial charge on any atom is -0.380 e. The van der Waals surface area contributed by atoms with Gasteiger partial charge in [0.15, 0.2) is 5.96 Å². The van der Waals surface area contributed by atoms with Crippen molar-refractivity contribution in [3.63, 3.8) is 0 Å². The van der Waals surface area contributed by atoms with Crippen molar-refractivity contribution in [1.29, 1.82) is 0 Å². The normalized spacial score (nSPS) is 11.9. The van der Waals surface area contributed by atoms with E-state index in [9.17, 15) is 0 Å². The zero-order valence-corrected chi connectivity index (χ0v) is 16.0. The van der Waals surface area contributed by atoms with Crippen LogP contribution in [0.4, 0.5) is 0 Å². The minimum absolute atomic E-state index is 0. The summed E-state index contributed by atoms with van der Waals surface area (Å²) in [5.41, 5.74) is -0.236. The van der Waals surface area contributed by atoms with E-state index in [1.165, 1.54) is 6.42 Å². The fraction of sp³-hybridized carbons (Fsp3) is 0.929. The third kappa shape index (κ3) is 12.9. The molecule has 0 radical (unpaired) electrons. The van der Waals surface area contributed by atoms with Crippen LogP contribution in [-0.2, 0) is 9.47 Å². The van der Waals surface area contributed by atoms with E-state index in [0.717, 1.165) is 32.1 Å². The molecule has 0 aromatic heterocycles.